The highest BCUT2D eigenvalue weighted by molar-refractivity contribution is 7.15. The van der Waals surface area contributed by atoms with Crippen molar-refractivity contribution in [1.29, 1.82) is 0 Å². The highest BCUT2D eigenvalue weighted by Crippen LogP contribution is 2.32. The Kier molecular flexibility index (Phi) is 4.07. The van der Waals surface area contributed by atoms with Crippen LogP contribution < -0.4 is 5.32 Å². The quantitative estimate of drug-likeness (QED) is 0.853. The van der Waals surface area contributed by atoms with Crippen molar-refractivity contribution >= 4 is 29.1 Å². The van der Waals surface area contributed by atoms with Crippen LogP contribution in [0.2, 0.25) is 0 Å². The molecule has 4 rings (SSSR count). The molecule has 2 fully saturated rings. The van der Waals surface area contributed by atoms with E-state index in [1.54, 1.807) is 21.1 Å². The molecule has 0 radical (unpaired) electrons. The first kappa shape index (κ1) is 16.8. The van der Waals surface area contributed by atoms with E-state index < -0.39 is 6.04 Å². The molecule has 0 spiro atoms. The Bertz CT molecular complexity index is 887. The smallest absolute Gasteiger partial charge is 0.257 e. The number of amides is 3. The van der Waals surface area contributed by atoms with E-state index in [1.807, 2.05) is 42.9 Å². The zero-order valence-electron chi connectivity index (χ0n) is 14.7. The fourth-order valence-electron chi connectivity index (χ4n) is 3.54. The maximum atomic E-state index is 13.3. The monoisotopic (exact) mass is 372 g/mol. The van der Waals surface area contributed by atoms with Gasteiger partial charge in [0.25, 0.3) is 5.91 Å². The summed E-state index contributed by atoms with van der Waals surface area (Å²) in [6.45, 7) is 5.07. The number of fused-ring (bicyclic) bond motifs is 1. The molecule has 1 unspecified atom stereocenters. The van der Waals surface area contributed by atoms with Crippen LogP contribution >= 0.6 is 11.3 Å². The van der Waals surface area contributed by atoms with Crippen LogP contribution in [0.3, 0.4) is 0 Å². The van der Waals surface area contributed by atoms with Crippen LogP contribution in [0.5, 0.6) is 0 Å². The van der Waals surface area contributed by atoms with Gasteiger partial charge in [-0.3, -0.25) is 14.4 Å². The van der Waals surface area contributed by atoms with Gasteiger partial charge in [-0.2, -0.15) is 0 Å². The summed E-state index contributed by atoms with van der Waals surface area (Å²) in [7, 11) is 0. The normalized spacial score (nSPS) is 20.2. The van der Waals surface area contributed by atoms with Crippen LogP contribution in [0.4, 0.5) is 0 Å². The lowest BCUT2D eigenvalue weighted by Gasteiger charge is -2.43. The highest BCUT2D eigenvalue weighted by Gasteiger charge is 2.40. The summed E-state index contributed by atoms with van der Waals surface area (Å²) in [5.74, 6) is -0.357. The van der Waals surface area contributed by atoms with Crippen molar-refractivity contribution in [2.45, 2.75) is 19.9 Å². The van der Waals surface area contributed by atoms with E-state index in [0.717, 1.165) is 15.4 Å². The van der Waals surface area contributed by atoms with Gasteiger partial charge in [-0.15, -0.1) is 11.3 Å². The molecule has 0 bridgehead atoms. The van der Waals surface area contributed by atoms with Crippen molar-refractivity contribution in [3.05, 3.63) is 40.5 Å². The SMILES string of the molecule is Cc1sc(-n2cccc2)c(C(=O)N2CCN3C(=O)CNC(=O)C3C2)c1C. The summed E-state index contributed by atoms with van der Waals surface area (Å²) >= 11 is 1.59. The second kappa shape index (κ2) is 6.28. The lowest BCUT2D eigenvalue weighted by molar-refractivity contribution is -0.148. The molecule has 136 valence electrons. The number of rotatable bonds is 2. The maximum absolute atomic E-state index is 13.3. The molecule has 2 aliphatic rings. The Balaban J connectivity index is 1.65. The van der Waals surface area contributed by atoms with Crippen LogP contribution in [-0.4, -0.2) is 64.3 Å². The Morgan fingerprint density at radius 1 is 1.19 bits per heavy atom. The fourth-order valence-corrected chi connectivity index (χ4v) is 4.66. The Morgan fingerprint density at radius 3 is 2.65 bits per heavy atom. The van der Waals surface area contributed by atoms with Gasteiger partial charge in [0.05, 0.1) is 18.7 Å². The number of nitrogens with zero attached hydrogens (tertiary/aromatic N) is 3. The van der Waals surface area contributed by atoms with Gasteiger partial charge >= 0.3 is 0 Å². The average Bonchev–Trinajstić information content (AvgIpc) is 3.26. The summed E-state index contributed by atoms with van der Waals surface area (Å²) in [6, 6.07) is 3.26. The Hall–Kier alpha value is -2.61. The third kappa shape index (κ3) is 2.61. The van der Waals surface area contributed by atoms with E-state index in [0.29, 0.717) is 18.7 Å². The number of piperazine rings is 2. The molecule has 2 aromatic rings. The van der Waals surface area contributed by atoms with Crippen molar-refractivity contribution in [3.63, 3.8) is 0 Å². The first-order valence-electron chi connectivity index (χ1n) is 8.57. The zero-order chi connectivity index (χ0) is 18.4. The minimum Gasteiger partial charge on any atom is -0.345 e. The topological polar surface area (TPSA) is 74.7 Å². The van der Waals surface area contributed by atoms with Crippen LogP contribution in [-0.2, 0) is 9.59 Å². The lowest BCUT2D eigenvalue weighted by atomic mass is 10.1. The number of aromatic nitrogens is 1. The molecule has 4 heterocycles. The second-order valence-corrected chi connectivity index (χ2v) is 7.83. The average molecular weight is 372 g/mol. The molecule has 2 aliphatic heterocycles. The van der Waals surface area contributed by atoms with Crippen LogP contribution in [0.1, 0.15) is 20.8 Å². The molecular formula is C18H20N4O3S. The molecule has 3 amide bonds. The Morgan fingerprint density at radius 2 is 1.92 bits per heavy atom. The number of hydrogen-bond donors (Lipinski definition) is 1. The van der Waals surface area contributed by atoms with Gasteiger partial charge in [0, 0.05) is 30.4 Å². The summed E-state index contributed by atoms with van der Waals surface area (Å²) in [6.07, 6.45) is 3.85. The number of carbonyl (C=O) groups excluding carboxylic acids is 3. The summed E-state index contributed by atoms with van der Waals surface area (Å²) < 4.78 is 1.95. The third-order valence-corrected chi connectivity index (χ3v) is 6.34. The first-order valence-corrected chi connectivity index (χ1v) is 9.39. The summed E-state index contributed by atoms with van der Waals surface area (Å²) in [5, 5.41) is 3.50. The second-order valence-electron chi connectivity index (χ2n) is 6.63. The van der Waals surface area contributed by atoms with Gasteiger partial charge in [0.15, 0.2) is 0 Å². The molecule has 0 aliphatic carbocycles. The van der Waals surface area contributed by atoms with Gasteiger partial charge < -0.3 is 19.7 Å². The predicted molar refractivity (Wildman–Crippen MR) is 97.5 cm³/mol. The molecular weight excluding hydrogens is 352 g/mol. The number of hydrogen-bond acceptors (Lipinski definition) is 4. The summed E-state index contributed by atoms with van der Waals surface area (Å²) in [4.78, 5) is 41.8. The van der Waals surface area contributed by atoms with Gasteiger partial charge in [0.2, 0.25) is 11.8 Å². The molecule has 8 heteroatoms. The van der Waals surface area contributed by atoms with Gasteiger partial charge in [-0.1, -0.05) is 0 Å². The number of carbonyl (C=O) groups is 3. The van der Waals surface area contributed by atoms with E-state index in [1.165, 1.54) is 0 Å². The van der Waals surface area contributed by atoms with Crippen molar-refractivity contribution < 1.29 is 14.4 Å². The van der Waals surface area contributed by atoms with Crippen molar-refractivity contribution in [2.75, 3.05) is 26.2 Å². The standard InChI is InChI=1S/C18H20N4O3S/c1-11-12(2)26-18(20-5-3-4-6-20)15(11)17(25)21-7-8-22-13(10-21)16(24)19-9-14(22)23/h3-6,13H,7-10H2,1-2H3,(H,19,24). The third-order valence-electron chi connectivity index (χ3n) is 5.12. The molecule has 1 N–H and O–H groups in total. The maximum Gasteiger partial charge on any atom is 0.257 e. The first-order chi connectivity index (χ1) is 12.5. The molecule has 1 atom stereocenters. The molecule has 0 saturated carbocycles. The van der Waals surface area contributed by atoms with Crippen LogP contribution in [0, 0.1) is 13.8 Å². The largest absolute Gasteiger partial charge is 0.345 e. The lowest BCUT2D eigenvalue weighted by Crippen LogP contribution is -2.66. The minimum atomic E-state index is -0.594. The van der Waals surface area contributed by atoms with Crippen LogP contribution in [0.25, 0.3) is 5.00 Å². The van der Waals surface area contributed by atoms with E-state index >= 15 is 0 Å². The van der Waals surface area contributed by atoms with Gasteiger partial charge in [0.1, 0.15) is 11.0 Å². The van der Waals surface area contributed by atoms with Crippen molar-refractivity contribution in [2.24, 2.45) is 0 Å². The number of thiophene rings is 1. The fraction of sp³-hybridized carbons (Fsp3) is 0.389. The van der Waals surface area contributed by atoms with E-state index in [4.69, 9.17) is 0 Å². The highest BCUT2D eigenvalue weighted by atomic mass is 32.1. The molecule has 0 aromatic carbocycles. The number of nitrogens with one attached hydrogen (secondary N) is 1. The molecule has 2 saturated heterocycles. The van der Waals surface area contributed by atoms with Crippen LogP contribution in [0.15, 0.2) is 24.5 Å². The van der Waals surface area contributed by atoms with E-state index in [9.17, 15) is 14.4 Å². The predicted octanol–water partition coefficient (Wildman–Crippen LogP) is 0.938. The Labute approximate surface area is 155 Å². The van der Waals surface area contributed by atoms with Crippen molar-refractivity contribution in [1.82, 2.24) is 19.7 Å². The van der Waals surface area contributed by atoms with Gasteiger partial charge in [-0.25, -0.2) is 0 Å². The summed E-state index contributed by atoms with van der Waals surface area (Å²) in [5.41, 5.74) is 1.65. The molecule has 7 nitrogen and oxygen atoms in total. The van der Waals surface area contributed by atoms with E-state index in [2.05, 4.69) is 5.32 Å². The zero-order valence-corrected chi connectivity index (χ0v) is 15.5. The molecule has 2 aromatic heterocycles. The van der Waals surface area contributed by atoms with Crippen molar-refractivity contribution in [3.8, 4) is 5.00 Å². The number of aryl methyl sites for hydroxylation is 1. The van der Waals surface area contributed by atoms with Gasteiger partial charge in [-0.05, 0) is 31.5 Å². The van der Waals surface area contributed by atoms with E-state index in [-0.39, 0.29) is 30.8 Å². The molecule has 26 heavy (non-hydrogen) atoms. The minimum absolute atomic E-state index is 0.0455.